The molecule has 1 aliphatic rings. The number of halogens is 1. The molecular formula is C17H18BrN. The second-order valence-corrected chi connectivity index (χ2v) is 6.21. The zero-order chi connectivity index (χ0) is 13.2. The third-order valence-electron chi connectivity index (χ3n) is 3.68. The Morgan fingerprint density at radius 1 is 1.11 bits per heavy atom. The predicted molar refractivity (Wildman–Crippen MR) is 84.4 cm³/mol. The molecule has 0 heterocycles. The number of nitrogens with one attached hydrogen (secondary N) is 1. The predicted octanol–water partition coefficient (Wildman–Crippen LogP) is 5.32. The van der Waals surface area contributed by atoms with Crippen LogP contribution < -0.4 is 5.32 Å². The summed E-state index contributed by atoms with van der Waals surface area (Å²) in [7, 11) is 0. The van der Waals surface area contributed by atoms with Crippen molar-refractivity contribution in [2.75, 3.05) is 5.32 Å². The molecule has 2 heteroatoms. The second-order valence-electron chi connectivity index (χ2n) is 5.35. The Morgan fingerprint density at radius 3 is 2.53 bits per heavy atom. The molecule has 19 heavy (non-hydrogen) atoms. The molecule has 2 aromatic rings. The SMILES string of the molecule is Cc1ccc(Br)c(NC(c2ccccc2)C2CC2)c1. The lowest BCUT2D eigenvalue weighted by molar-refractivity contribution is 0.678. The van der Waals surface area contributed by atoms with Gasteiger partial charge in [0.15, 0.2) is 0 Å². The van der Waals surface area contributed by atoms with Crippen LogP contribution in [0, 0.1) is 12.8 Å². The molecule has 3 rings (SSSR count). The average molecular weight is 316 g/mol. The normalized spacial score (nSPS) is 16.1. The molecular weight excluding hydrogens is 298 g/mol. The van der Waals surface area contributed by atoms with Gasteiger partial charge in [0, 0.05) is 10.2 Å². The smallest absolute Gasteiger partial charge is 0.0542 e. The van der Waals surface area contributed by atoms with Crippen LogP contribution in [-0.4, -0.2) is 0 Å². The van der Waals surface area contributed by atoms with E-state index in [2.05, 4.69) is 76.7 Å². The number of hydrogen-bond donors (Lipinski definition) is 1. The number of hydrogen-bond acceptors (Lipinski definition) is 1. The van der Waals surface area contributed by atoms with Gasteiger partial charge in [-0.15, -0.1) is 0 Å². The van der Waals surface area contributed by atoms with Crippen LogP contribution in [0.1, 0.15) is 30.0 Å². The lowest BCUT2D eigenvalue weighted by Crippen LogP contribution is -2.13. The summed E-state index contributed by atoms with van der Waals surface area (Å²) in [6, 6.07) is 17.7. The van der Waals surface area contributed by atoms with Gasteiger partial charge in [-0.25, -0.2) is 0 Å². The summed E-state index contributed by atoms with van der Waals surface area (Å²) >= 11 is 3.64. The minimum absolute atomic E-state index is 0.430. The maximum Gasteiger partial charge on any atom is 0.0542 e. The van der Waals surface area contributed by atoms with Crippen molar-refractivity contribution in [1.29, 1.82) is 0 Å². The first kappa shape index (κ1) is 12.7. The van der Waals surface area contributed by atoms with Gasteiger partial charge in [0.25, 0.3) is 0 Å². The van der Waals surface area contributed by atoms with Crippen LogP contribution in [0.2, 0.25) is 0 Å². The van der Waals surface area contributed by atoms with Crippen LogP contribution in [0.15, 0.2) is 53.0 Å². The summed E-state index contributed by atoms with van der Waals surface area (Å²) < 4.78 is 1.14. The number of anilines is 1. The molecule has 1 atom stereocenters. The van der Waals surface area contributed by atoms with Gasteiger partial charge in [0.1, 0.15) is 0 Å². The van der Waals surface area contributed by atoms with E-state index in [1.54, 1.807) is 0 Å². The standard InChI is InChI=1S/C17H18BrN/c1-12-7-10-15(18)16(11-12)19-17(14-8-9-14)13-5-3-2-4-6-13/h2-7,10-11,14,17,19H,8-9H2,1H3. The van der Waals surface area contributed by atoms with Crippen LogP contribution in [0.25, 0.3) is 0 Å². The molecule has 98 valence electrons. The summed E-state index contributed by atoms with van der Waals surface area (Å²) in [5.41, 5.74) is 3.87. The molecule has 0 aromatic heterocycles. The van der Waals surface area contributed by atoms with E-state index >= 15 is 0 Å². The van der Waals surface area contributed by atoms with Gasteiger partial charge in [-0.3, -0.25) is 0 Å². The second kappa shape index (κ2) is 5.38. The Kier molecular flexibility index (Phi) is 3.61. The van der Waals surface area contributed by atoms with E-state index in [0.717, 1.165) is 10.4 Å². The molecule has 1 saturated carbocycles. The highest BCUT2D eigenvalue weighted by atomic mass is 79.9. The van der Waals surface area contributed by atoms with Gasteiger partial charge in [-0.1, -0.05) is 36.4 Å². The maximum absolute atomic E-state index is 3.72. The Morgan fingerprint density at radius 2 is 1.84 bits per heavy atom. The molecule has 1 nitrogen and oxygen atoms in total. The lowest BCUT2D eigenvalue weighted by atomic mass is 10.0. The molecule has 2 aromatic carbocycles. The van der Waals surface area contributed by atoms with Crippen molar-refractivity contribution in [3.8, 4) is 0 Å². The quantitative estimate of drug-likeness (QED) is 0.805. The van der Waals surface area contributed by atoms with Crippen molar-refractivity contribution in [3.63, 3.8) is 0 Å². The topological polar surface area (TPSA) is 12.0 Å². The van der Waals surface area contributed by atoms with E-state index in [0.29, 0.717) is 6.04 Å². The monoisotopic (exact) mass is 315 g/mol. The van der Waals surface area contributed by atoms with E-state index in [1.165, 1.54) is 29.7 Å². The summed E-state index contributed by atoms with van der Waals surface area (Å²) in [6.45, 7) is 2.13. The lowest BCUT2D eigenvalue weighted by Gasteiger charge is -2.21. The zero-order valence-corrected chi connectivity index (χ0v) is 12.7. The minimum atomic E-state index is 0.430. The molecule has 0 aliphatic heterocycles. The van der Waals surface area contributed by atoms with Crippen molar-refractivity contribution >= 4 is 21.6 Å². The van der Waals surface area contributed by atoms with E-state index in [-0.39, 0.29) is 0 Å². The van der Waals surface area contributed by atoms with Crippen molar-refractivity contribution in [1.82, 2.24) is 0 Å². The van der Waals surface area contributed by atoms with E-state index in [1.807, 2.05) is 0 Å². The summed E-state index contributed by atoms with van der Waals surface area (Å²) in [5.74, 6) is 0.773. The maximum atomic E-state index is 3.72. The third-order valence-corrected chi connectivity index (χ3v) is 4.38. The van der Waals surface area contributed by atoms with E-state index in [9.17, 15) is 0 Å². The van der Waals surface area contributed by atoms with Gasteiger partial charge in [0.2, 0.25) is 0 Å². The fraction of sp³-hybridized carbons (Fsp3) is 0.294. The largest absolute Gasteiger partial charge is 0.377 e. The Labute approximate surface area is 123 Å². The molecule has 1 aliphatic carbocycles. The van der Waals surface area contributed by atoms with Crippen LogP contribution >= 0.6 is 15.9 Å². The van der Waals surface area contributed by atoms with Crippen LogP contribution in [0.5, 0.6) is 0 Å². The zero-order valence-electron chi connectivity index (χ0n) is 11.1. The number of aryl methyl sites for hydroxylation is 1. The van der Waals surface area contributed by atoms with E-state index in [4.69, 9.17) is 0 Å². The molecule has 0 saturated heterocycles. The molecule has 1 unspecified atom stereocenters. The van der Waals surface area contributed by atoms with Gasteiger partial charge >= 0.3 is 0 Å². The van der Waals surface area contributed by atoms with Crippen molar-refractivity contribution in [2.45, 2.75) is 25.8 Å². The van der Waals surface area contributed by atoms with Gasteiger partial charge in [-0.2, -0.15) is 0 Å². The minimum Gasteiger partial charge on any atom is -0.377 e. The molecule has 0 radical (unpaired) electrons. The molecule has 1 fully saturated rings. The highest BCUT2D eigenvalue weighted by Crippen LogP contribution is 2.43. The molecule has 0 amide bonds. The van der Waals surface area contributed by atoms with Crippen LogP contribution in [-0.2, 0) is 0 Å². The molecule has 0 bridgehead atoms. The Hall–Kier alpha value is -1.28. The van der Waals surface area contributed by atoms with Gasteiger partial charge in [-0.05, 0) is 64.9 Å². The Bertz CT molecular complexity index is 561. The fourth-order valence-corrected chi connectivity index (χ4v) is 2.84. The van der Waals surface area contributed by atoms with Gasteiger partial charge < -0.3 is 5.32 Å². The number of rotatable bonds is 4. The van der Waals surface area contributed by atoms with Gasteiger partial charge in [0.05, 0.1) is 6.04 Å². The third kappa shape index (κ3) is 3.01. The first-order valence-electron chi connectivity index (χ1n) is 6.81. The Balaban J connectivity index is 1.88. The highest BCUT2D eigenvalue weighted by molar-refractivity contribution is 9.10. The highest BCUT2D eigenvalue weighted by Gasteiger charge is 2.32. The first-order valence-corrected chi connectivity index (χ1v) is 7.61. The summed E-state index contributed by atoms with van der Waals surface area (Å²) in [5, 5.41) is 3.72. The first-order chi connectivity index (χ1) is 9.24. The summed E-state index contributed by atoms with van der Waals surface area (Å²) in [6.07, 6.45) is 2.66. The number of benzene rings is 2. The van der Waals surface area contributed by atoms with Crippen molar-refractivity contribution in [2.24, 2.45) is 5.92 Å². The van der Waals surface area contributed by atoms with E-state index < -0.39 is 0 Å². The fourth-order valence-electron chi connectivity index (χ4n) is 2.48. The molecule has 0 spiro atoms. The van der Waals surface area contributed by atoms with Crippen molar-refractivity contribution < 1.29 is 0 Å². The molecule has 1 N–H and O–H groups in total. The van der Waals surface area contributed by atoms with Crippen LogP contribution in [0.4, 0.5) is 5.69 Å². The summed E-state index contributed by atoms with van der Waals surface area (Å²) in [4.78, 5) is 0. The average Bonchev–Trinajstić information content (AvgIpc) is 3.25. The van der Waals surface area contributed by atoms with Crippen molar-refractivity contribution in [3.05, 3.63) is 64.1 Å². The van der Waals surface area contributed by atoms with Crippen LogP contribution in [0.3, 0.4) is 0 Å².